The quantitative estimate of drug-likeness (QED) is 0.860. The van der Waals surface area contributed by atoms with Crippen LogP contribution < -0.4 is 5.32 Å². The Kier molecular flexibility index (Phi) is 5.00. The monoisotopic (exact) mass is 334 g/mol. The number of aryl methyl sites for hydroxylation is 1. The molecule has 8 heteroatoms. The van der Waals surface area contributed by atoms with E-state index in [0.29, 0.717) is 6.42 Å². The lowest BCUT2D eigenvalue weighted by Gasteiger charge is -2.25. The molecule has 0 bridgehead atoms. The van der Waals surface area contributed by atoms with Gasteiger partial charge in [0.15, 0.2) is 5.17 Å². The highest BCUT2D eigenvalue weighted by molar-refractivity contribution is 8.16. The van der Waals surface area contributed by atoms with Crippen LogP contribution in [0.3, 0.4) is 0 Å². The first-order chi connectivity index (χ1) is 11.2. The number of amides is 1. The molecule has 3 rings (SSSR count). The molecule has 1 aromatic heterocycles. The molecule has 0 aliphatic carbocycles. The van der Waals surface area contributed by atoms with Crippen LogP contribution in [0.1, 0.15) is 45.0 Å². The van der Waals surface area contributed by atoms with Gasteiger partial charge in [0.2, 0.25) is 5.91 Å². The van der Waals surface area contributed by atoms with Gasteiger partial charge < -0.3 is 10.2 Å². The normalized spacial score (nSPS) is 18.3. The number of nitrogens with zero attached hydrogens (tertiary/aromatic N) is 5. The maximum absolute atomic E-state index is 12.4. The van der Waals surface area contributed by atoms with Crippen LogP contribution in [0.2, 0.25) is 0 Å². The second-order valence-electron chi connectivity index (χ2n) is 5.70. The number of nitrogens with one attached hydrogen (secondary N) is 1. The second-order valence-corrected chi connectivity index (χ2v) is 6.54. The predicted molar refractivity (Wildman–Crippen MR) is 90.8 cm³/mol. The predicted octanol–water partition coefficient (Wildman–Crippen LogP) is 1.91. The lowest BCUT2D eigenvalue weighted by Crippen LogP contribution is -2.34. The lowest BCUT2D eigenvalue weighted by atomic mass is 10.2. The van der Waals surface area contributed by atoms with Crippen molar-refractivity contribution >= 4 is 22.8 Å². The van der Waals surface area contributed by atoms with Crippen LogP contribution in [-0.4, -0.2) is 43.8 Å². The van der Waals surface area contributed by atoms with Gasteiger partial charge in [-0.25, -0.2) is 9.67 Å². The van der Waals surface area contributed by atoms with Crippen molar-refractivity contribution in [1.82, 2.24) is 25.0 Å². The van der Waals surface area contributed by atoms with Crippen molar-refractivity contribution in [1.29, 1.82) is 0 Å². The molecule has 0 unspecified atom stereocenters. The second kappa shape index (κ2) is 7.16. The van der Waals surface area contributed by atoms with Gasteiger partial charge in [-0.05, 0) is 25.2 Å². The standard InChI is InChI=1S/C15H22N6OS/c1-3-6-21-14(17-10-18-21)11(2)19-13(22)8-12-9-23-15-16-5-4-7-20(12)15/h9-11H,3-8H2,1-2H3,(H,19,22)/t11-/m1/s1. The van der Waals surface area contributed by atoms with Gasteiger partial charge >= 0.3 is 0 Å². The van der Waals surface area contributed by atoms with E-state index in [4.69, 9.17) is 0 Å². The third-order valence-corrected chi connectivity index (χ3v) is 4.80. The molecule has 0 spiro atoms. The van der Waals surface area contributed by atoms with Gasteiger partial charge in [-0.15, -0.1) is 0 Å². The molecular formula is C15H22N6OS. The summed E-state index contributed by atoms with van der Waals surface area (Å²) in [5, 5.41) is 10.3. The molecule has 23 heavy (non-hydrogen) atoms. The number of rotatable bonds is 6. The molecule has 1 N–H and O–H groups in total. The fraction of sp³-hybridized carbons (Fsp3) is 0.600. The summed E-state index contributed by atoms with van der Waals surface area (Å²) in [7, 11) is 0. The van der Waals surface area contributed by atoms with E-state index in [1.807, 2.05) is 17.0 Å². The number of carbonyl (C=O) groups is 1. The molecule has 0 aromatic carbocycles. The average molecular weight is 334 g/mol. The van der Waals surface area contributed by atoms with Gasteiger partial charge in [0, 0.05) is 25.3 Å². The van der Waals surface area contributed by atoms with Crippen molar-refractivity contribution in [2.75, 3.05) is 13.1 Å². The first-order valence-corrected chi connectivity index (χ1v) is 8.91. The Labute approximate surface area is 140 Å². The van der Waals surface area contributed by atoms with Gasteiger partial charge in [-0.2, -0.15) is 5.10 Å². The fourth-order valence-electron chi connectivity index (χ4n) is 2.79. The van der Waals surface area contributed by atoms with Crippen LogP contribution in [0.5, 0.6) is 0 Å². The highest BCUT2D eigenvalue weighted by Gasteiger charge is 2.26. The molecule has 1 amide bonds. The zero-order valence-corrected chi connectivity index (χ0v) is 14.3. The molecule has 3 heterocycles. The van der Waals surface area contributed by atoms with Gasteiger partial charge in [0.25, 0.3) is 0 Å². The molecule has 124 valence electrons. The fourth-order valence-corrected chi connectivity index (χ4v) is 3.74. The Morgan fingerprint density at radius 3 is 3.22 bits per heavy atom. The minimum Gasteiger partial charge on any atom is -0.346 e. The molecule has 0 fully saturated rings. The van der Waals surface area contributed by atoms with Crippen LogP contribution in [0.25, 0.3) is 0 Å². The average Bonchev–Trinajstić information content (AvgIpc) is 3.15. The Hall–Kier alpha value is -1.83. The summed E-state index contributed by atoms with van der Waals surface area (Å²) < 4.78 is 1.85. The van der Waals surface area contributed by atoms with Gasteiger partial charge in [0.1, 0.15) is 12.2 Å². The topological polar surface area (TPSA) is 75.4 Å². The number of hydrogen-bond donors (Lipinski definition) is 1. The summed E-state index contributed by atoms with van der Waals surface area (Å²) in [6.07, 6.45) is 3.94. The van der Waals surface area contributed by atoms with Crippen molar-refractivity contribution < 1.29 is 4.79 Å². The van der Waals surface area contributed by atoms with Crippen molar-refractivity contribution in [3.8, 4) is 0 Å². The zero-order valence-electron chi connectivity index (χ0n) is 13.5. The number of aliphatic imine (C=N–C) groups is 1. The first-order valence-electron chi connectivity index (χ1n) is 8.03. The Morgan fingerprint density at radius 2 is 2.39 bits per heavy atom. The molecular weight excluding hydrogens is 312 g/mol. The molecule has 2 aliphatic heterocycles. The number of hydrogen-bond acceptors (Lipinski definition) is 6. The third kappa shape index (κ3) is 3.57. The van der Waals surface area contributed by atoms with E-state index in [1.54, 1.807) is 18.1 Å². The van der Waals surface area contributed by atoms with Gasteiger partial charge in [-0.3, -0.25) is 9.79 Å². The highest BCUT2D eigenvalue weighted by Crippen LogP contribution is 2.30. The Balaban J connectivity index is 1.58. The van der Waals surface area contributed by atoms with Crippen molar-refractivity contribution in [2.24, 2.45) is 4.99 Å². The third-order valence-electron chi connectivity index (χ3n) is 3.85. The van der Waals surface area contributed by atoms with E-state index < -0.39 is 0 Å². The van der Waals surface area contributed by atoms with E-state index in [9.17, 15) is 4.79 Å². The SMILES string of the molecule is CCCn1ncnc1[C@@H](C)NC(=O)CC1=CSC2=NCCCN12. The summed E-state index contributed by atoms with van der Waals surface area (Å²) >= 11 is 1.61. The van der Waals surface area contributed by atoms with Gasteiger partial charge in [-0.1, -0.05) is 18.7 Å². The molecule has 7 nitrogen and oxygen atoms in total. The van der Waals surface area contributed by atoms with Crippen LogP contribution in [0.15, 0.2) is 22.4 Å². The van der Waals surface area contributed by atoms with Crippen LogP contribution in [0.4, 0.5) is 0 Å². The maximum Gasteiger partial charge on any atom is 0.226 e. The summed E-state index contributed by atoms with van der Waals surface area (Å²) in [6.45, 7) is 6.68. The minimum atomic E-state index is -0.152. The molecule has 1 atom stereocenters. The summed E-state index contributed by atoms with van der Waals surface area (Å²) in [6, 6.07) is -0.152. The van der Waals surface area contributed by atoms with Crippen LogP contribution in [-0.2, 0) is 11.3 Å². The Morgan fingerprint density at radius 1 is 1.52 bits per heavy atom. The van der Waals surface area contributed by atoms with Gasteiger partial charge in [0.05, 0.1) is 12.5 Å². The maximum atomic E-state index is 12.4. The lowest BCUT2D eigenvalue weighted by molar-refractivity contribution is -0.121. The minimum absolute atomic E-state index is 0.00206. The van der Waals surface area contributed by atoms with Crippen molar-refractivity contribution in [3.63, 3.8) is 0 Å². The van der Waals surface area contributed by atoms with Crippen molar-refractivity contribution in [3.05, 3.63) is 23.3 Å². The smallest absolute Gasteiger partial charge is 0.226 e. The highest BCUT2D eigenvalue weighted by atomic mass is 32.2. The molecule has 0 radical (unpaired) electrons. The van der Waals surface area contributed by atoms with E-state index in [1.165, 1.54) is 0 Å². The number of amidine groups is 1. The summed E-state index contributed by atoms with van der Waals surface area (Å²) in [5.74, 6) is 0.803. The number of fused-ring (bicyclic) bond motifs is 1. The Bertz CT molecular complexity index is 638. The molecule has 2 aliphatic rings. The van der Waals surface area contributed by atoms with Crippen LogP contribution >= 0.6 is 11.8 Å². The zero-order chi connectivity index (χ0) is 16.2. The molecule has 0 saturated carbocycles. The van der Waals surface area contributed by atoms with E-state index in [2.05, 4.69) is 32.2 Å². The van der Waals surface area contributed by atoms with Crippen molar-refractivity contribution in [2.45, 2.75) is 45.7 Å². The summed E-state index contributed by atoms with van der Waals surface area (Å²) in [4.78, 5) is 23.3. The summed E-state index contributed by atoms with van der Waals surface area (Å²) in [5.41, 5.74) is 1.04. The molecule has 1 aromatic rings. The van der Waals surface area contributed by atoms with E-state index in [-0.39, 0.29) is 11.9 Å². The van der Waals surface area contributed by atoms with Crippen LogP contribution in [0, 0.1) is 0 Å². The largest absolute Gasteiger partial charge is 0.346 e. The molecule has 0 saturated heterocycles. The van der Waals surface area contributed by atoms with E-state index in [0.717, 1.165) is 49.2 Å². The first kappa shape index (κ1) is 16.0. The number of carbonyl (C=O) groups excluding carboxylic acids is 1. The van der Waals surface area contributed by atoms with E-state index >= 15 is 0 Å². The number of thioether (sulfide) groups is 1. The number of aromatic nitrogens is 3.